The van der Waals surface area contributed by atoms with Crippen molar-refractivity contribution >= 4 is 10.7 Å². The minimum absolute atomic E-state index is 0.888. The molecule has 0 aromatic rings. The second-order valence-electron chi connectivity index (χ2n) is 1.58. The van der Waals surface area contributed by atoms with E-state index in [0.717, 1.165) is 5.32 Å². The first kappa shape index (κ1) is 6.81. The molecule has 0 saturated carbocycles. The fourth-order valence-electron chi connectivity index (χ4n) is 0.337. The molecule has 0 bridgehead atoms. The summed E-state index contributed by atoms with van der Waals surface area (Å²) in [4.78, 5) is 0. The second kappa shape index (κ2) is 1.40. The standard InChI is InChI=1S/C2H2F3NO2S/c3-1(4)2(5,6-1)9(7)8/h6,9H. The predicted octanol–water partition coefficient (Wildman–Crippen LogP) is -0.583. The molecule has 0 aliphatic carbocycles. The summed E-state index contributed by atoms with van der Waals surface area (Å²) in [6.45, 7) is 0. The van der Waals surface area contributed by atoms with Crippen LogP contribution in [0.5, 0.6) is 0 Å². The van der Waals surface area contributed by atoms with Crippen molar-refractivity contribution in [2.75, 3.05) is 0 Å². The Hall–Kier alpha value is -0.300. The maximum absolute atomic E-state index is 11.9. The second-order valence-corrected chi connectivity index (χ2v) is 2.71. The van der Waals surface area contributed by atoms with Crippen LogP contribution in [0.15, 0.2) is 0 Å². The molecule has 0 radical (unpaired) electrons. The van der Waals surface area contributed by atoms with Gasteiger partial charge in [0.05, 0.1) is 0 Å². The summed E-state index contributed by atoms with van der Waals surface area (Å²) in [6.07, 6.45) is 0. The smallest absolute Gasteiger partial charge is 0.227 e. The molecule has 54 valence electrons. The van der Waals surface area contributed by atoms with Gasteiger partial charge in [0.1, 0.15) is 0 Å². The molecule has 1 N–H and O–H groups in total. The van der Waals surface area contributed by atoms with Crippen LogP contribution in [0.25, 0.3) is 0 Å². The number of thiol groups is 1. The molecule has 1 unspecified atom stereocenters. The summed E-state index contributed by atoms with van der Waals surface area (Å²) in [5, 5.41) is -2.60. The molecule has 7 heteroatoms. The number of hydrogen-bond acceptors (Lipinski definition) is 3. The van der Waals surface area contributed by atoms with E-state index in [1.807, 2.05) is 0 Å². The van der Waals surface area contributed by atoms with Crippen LogP contribution in [-0.2, 0) is 10.7 Å². The third-order valence-corrected chi connectivity index (χ3v) is 1.82. The fraction of sp³-hybridized carbons (Fsp3) is 1.00. The molecule has 0 aromatic heterocycles. The summed E-state index contributed by atoms with van der Waals surface area (Å²) < 4.78 is 54.3. The van der Waals surface area contributed by atoms with E-state index in [-0.39, 0.29) is 0 Å². The van der Waals surface area contributed by atoms with Gasteiger partial charge in [-0.2, -0.15) is 13.2 Å². The van der Waals surface area contributed by atoms with Crippen LogP contribution in [-0.4, -0.2) is 19.6 Å². The van der Waals surface area contributed by atoms with Crippen LogP contribution in [0.4, 0.5) is 13.2 Å². The zero-order chi connectivity index (χ0) is 7.28. The Morgan fingerprint density at radius 1 is 1.22 bits per heavy atom. The van der Waals surface area contributed by atoms with Gasteiger partial charge in [0.2, 0.25) is 0 Å². The third-order valence-electron chi connectivity index (χ3n) is 0.928. The lowest BCUT2D eigenvalue weighted by Gasteiger charge is -1.88. The largest absolute Gasteiger partial charge is 0.367 e. The van der Waals surface area contributed by atoms with Crippen molar-refractivity contribution in [2.45, 2.75) is 11.2 Å². The quantitative estimate of drug-likeness (QED) is 0.307. The van der Waals surface area contributed by atoms with E-state index in [4.69, 9.17) is 0 Å². The summed E-state index contributed by atoms with van der Waals surface area (Å²) in [5.41, 5.74) is 0. The van der Waals surface area contributed by atoms with Crippen LogP contribution in [0, 0.1) is 0 Å². The number of nitrogens with one attached hydrogen (secondary N) is 1. The number of rotatable bonds is 1. The van der Waals surface area contributed by atoms with Crippen molar-refractivity contribution in [3.63, 3.8) is 0 Å². The lowest BCUT2D eigenvalue weighted by molar-refractivity contribution is 0.0703. The van der Waals surface area contributed by atoms with Crippen molar-refractivity contribution in [3.05, 3.63) is 0 Å². The first-order valence-electron chi connectivity index (χ1n) is 1.91. The topological polar surface area (TPSA) is 56.1 Å². The van der Waals surface area contributed by atoms with Crippen molar-refractivity contribution < 1.29 is 21.6 Å². The molecule has 1 fully saturated rings. The van der Waals surface area contributed by atoms with Crippen LogP contribution in [0.2, 0.25) is 0 Å². The minimum atomic E-state index is -3.89. The summed E-state index contributed by atoms with van der Waals surface area (Å²) >= 11 is 0. The average Bonchev–Trinajstić information content (AvgIpc) is 2.08. The minimum Gasteiger partial charge on any atom is -0.227 e. The van der Waals surface area contributed by atoms with Gasteiger partial charge in [-0.05, 0) is 0 Å². The Labute approximate surface area is 49.8 Å². The molecule has 1 heterocycles. The average molecular weight is 161 g/mol. The number of hydrogen-bond donors (Lipinski definition) is 2. The van der Waals surface area contributed by atoms with Crippen molar-refractivity contribution in [2.24, 2.45) is 0 Å². The Morgan fingerprint density at radius 2 is 1.56 bits per heavy atom. The van der Waals surface area contributed by atoms with Crippen molar-refractivity contribution in [3.8, 4) is 0 Å². The van der Waals surface area contributed by atoms with E-state index in [1.165, 1.54) is 0 Å². The lowest BCUT2D eigenvalue weighted by atomic mass is 10.8. The third kappa shape index (κ3) is 0.715. The molecule has 1 saturated heterocycles. The monoisotopic (exact) mass is 161 g/mol. The van der Waals surface area contributed by atoms with Crippen molar-refractivity contribution in [1.29, 1.82) is 0 Å². The molecule has 9 heavy (non-hydrogen) atoms. The summed E-state index contributed by atoms with van der Waals surface area (Å²) in [7, 11) is -3.75. The van der Waals surface area contributed by atoms with Crippen LogP contribution in [0.3, 0.4) is 0 Å². The molecule has 1 atom stereocenters. The molecule has 1 aliphatic rings. The maximum Gasteiger partial charge on any atom is 0.367 e. The van der Waals surface area contributed by atoms with Gasteiger partial charge >= 0.3 is 11.2 Å². The highest BCUT2D eigenvalue weighted by atomic mass is 32.2. The maximum atomic E-state index is 11.9. The SMILES string of the molecule is O=[SH](=O)C1(F)NC1(F)F. The van der Waals surface area contributed by atoms with Gasteiger partial charge in [0.25, 0.3) is 0 Å². The van der Waals surface area contributed by atoms with Gasteiger partial charge in [0, 0.05) is 0 Å². The Balaban J connectivity index is 2.86. The summed E-state index contributed by atoms with van der Waals surface area (Å²) in [5.74, 6) is 0. The Bertz CT molecular complexity index is 206. The number of halogens is 3. The van der Waals surface area contributed by atoms with E-state index in [2.05, 4.69) is 0 Å². The van der Waals surface area contributed by atoms with Crippen LogP contribution < -0.4 is 5.32 Å². The van der Waals surface area contributed by atoms with Gasteiger partial charge < -0.3 is 0 Å². The van der Waals surface area contributed by atoms with Gasteiger partial charge in [0.15, 0.2) is 10.7 Å². The molecule has 0 amide bonds. The van der Waals surface area contributed by atoms with E-state index >= 15 is 0 Å². The molecule has 1 rings (SSSR count). The fourth-order valence-corrected chi connectivity index (χ4v) is 0.798. The number of alkyl halides is 3. The highest BCUT2D eigenvalue weighted by Crippen LogP contribution is 2.43. The first-order valence-corrected chi connectivity index (χ1v) is 3.08. The van der Waals surface area contributed by atoms with Crippen LogP contribution >= 0.6 is 0 Å². The zero-order valence-corrected chi connectivity index (χ0v) is 4.79. The highest BCUT2D eigenvalue weighted by Gasteiger charge is 2.77. The molecule has 1 aliphatic heterocycles. The van der Waals surface area contributed by atoms with E-state index in [9.17, 15) is 21.6 Å². The summed E-state index contributed by atoms with van der Waals surface area (Å²) in [6, 6.07) is -3.89. The highest BCUT2D eigenvalue weighted by molar-refractivity contribution is 7.74. The Kier molecular flexibility index (Phi) is 1.06. The van der Waals surface area contributed by atoms with Gasteiger partial charge in [-0.1, -0.05) is 0 Å². The van der Waals surface area contributed by atoms with Crippen molar-refractivity contribution in [1.82, 2.24) is 5.32 Å². The predicted molar refractivity (Wildman–Crippen MR) is 22.2 cm³/mol. The van der Waals surface area contributed by atoms with Gasteiger partial charge in [-0.25, -0.2) is 13.7 Å². The molecule has 0 spiro atoms. The molecular weight excluding hydrogens is 159 g/mol. The lowest BCUT2D eigenvalue weighted by Crippen LogP contribution is -2.13. The normalized spacial score (nSPS) is 39.1. The van der Waals surface area contributed by atoms with E-state index in [0.29, 0.717) is 0 Å². The van der Waals surface area contributed by atoms with E-state index < -0.39 is 21.9 Å². The van der Waals surface area contributed by atoms with Crippen LogP contribution in [0.1, 0.15) is 0 Å². The molecule has 3 nitrogen and oxygen atoms in total. The Morgan fingerprint density at radius 3 is 1.56 bits per heavy atom. The van der Waals surface area contributed by atoms with Gasteiger partial charge in [-0.15, -0.1) is 0 Å². The molecule has 0 aromatic carbocycles. The molecular formula is C2H2F3NO2S. The van der Waals surface area contributed by atoms with E-state index in [1.54, 1.807) is 0 Å². The van der Waals surface area contributed by atoms with Gasteiger partial charge in [-0.3, -0.25) is 0 Å². The zero-order valence-electron chi connectivity index (χ0n) is 3.90. The first-order chi connectivity index (χ1) is 3.90.